The number of benzene rings is 2. The second kappa shape index (κ2) is 7.40. The van der Waals surface area contributed by atoms with Gasteiger partial charge in [-0.05, 0) is 29.8 Å². The van der Waals surface area contributed by atoms with Crippen LogP contribution in [0.1, 0.15) is 5.56 Å². The fourth-order valence-corrected chi connectivity index (χ4v) is 3.02. The Hall–Kier alpha value is -2.80. The molecule has 1 heterocycles. The van der Waals surface area contributed by atoms with Crippen molar-refractivity contribution in [1.29, 1.82) is 0 Å². The van der Waals surface area contributed by atoms with E-state index in [9.17, 15) is 13.6 Å². The number of amides is 1. The van der Waals surface area contributed by atoms with Crippen LogP contribution in [0.2, 0.25) is 0 Å². The molecule has 0 aliphatic heterocycles. The maximum Gasteiger partial charge on any atom is 0.230 e. The highest BCUT2D eigenvalue weighted by atomic mass is 32.1. The SMILES string of the molecule is COc1ccc(CC(=O)Nc2nc(-c3cccc(F)c3)cs2)cc1F. The fraction of sp³-hybridized carbons (Fsp3) is 0.111. The lowest BCUT2D eigenvalue weighted by molar-refractivity contribution is -0.115. The summed E-state index contributed by atoms with van der Waals surface area (Å²) in [7, 11) is 1.38. The van der Waals surface area contributed by atoms with Crippen LogP contribution in [0.15, 0.2) is 47.8 Å². The van der Waals surface area contributed by atoms with Crippen molar-refractivity contribution >= 4 is 22.4 Å². The number of hydrogen-bond acceptors (Lipinski definition) is 4. The number of methoxy groups -OCH3 is 1. The lowest BCUT2D eigenvalue weighted by Gasteiger charge is -2.05. The van der Waals surface area contributed by atoms with Crippen molar-refractivity contribution in [3.05, 3.63) is 65.0 Å². The highest BCUT2D eigenvalue weighted by Gasteiger charge is 2.11. The summed E-state index contributed by atoms with van der Waals surface area (Å²) in [4.78, 5) is 16.4. The molecule has 128 valence electrons. The minimum absolute atomic E-state index is 0.00972. The molecule has 2 aromatic carbocycles. The Labute approximate surface area is 147 Å². The molecule has 0 saturated carbocycles. The molecule has 4 nitrogen and oxygen atoms in total. The number of carbonyl (C=O) groups is 1. The van der Waals surface area contributed by atoms with E-state index in [1.807, 2.05) is 0 Å². The summed E-state index contributed by atoms with van der Waals surface area (Å²) in [6.45, 7) is 0. The molecule has 0 radical (unpaired) electrons. The van der Waals surface area contributed by atoms with Crippen LogP contribution in [0.4, 0.5) is 13.9 Å². The predicted octanol–water partition coefficient (Wildman–Crippen LogP) is 4.28. The van der Waals surface area contributed by atoms with E-state index < -0.39 is 5.82 Å². The van der Waals surface area contributed by atoms with Gasteiger partial charge >= 0.3 is 0 Å². The third kappa shape index (κ3) is 4.19. The highest BCUT2D eigenvalue weighted by Crippen LogP contribution is 2.25. The van der Waals surface area contributed by atoms with E-state index in [0.29, 0.717) is 22.0 Å². The Bertz CT molecular complexity index is 912. The molecule has 7 heteroatoms. The number of carbonyl (C=O) groups excluding carboxylic acids is 1. The molecule has 0 unspecified atom stereocenters. The van der Waals surface area contributed by atoms with E-state index in [1.165, 1.54) is 42.7 Å². The van der Waals surface area contributed by atoms with Crippen molar-refractivity contribution in [3.8, 4) is 17.0 Å². The normalized spacial score (nSPS) is 10.5. The van der Waals surface area contributed by atoms with E-state index in [4.69, 9.17) is 4.74 Å². The zero-order valence-electron chi connectivity index (χ0n) is 13.3. The Morgan fingerprint density at radius 1 is 1.24 bits per heavy atom. The molecule has 1 aromatic heterocycles. The standard InChI is InChI=1S/C18H14F2N2O2S/c1-24-16-6-5-11(7-14(16)20)8-17(23)22-18-21-15(10-25-18)12-3-2-4-13(19)9-12/h2-7,9-10H,8H2,1H3,(H,21,22,23). The molecule has 25 heavy (non-hydrogen) atoms. The Morgan fingerprint density at radius 3 is 2.80 bits per heavy atom. The van der Waals surface area contributed by atoms with E-state index >= 15 is 0 Å². The molecule has 0 bridgehead atoms. The van der Waals surface area contributed by atoms with E-state index in [0.717, 1.165) is 0 Å². The van der Waals surface area contributed by atoms with Crippen molar-refractivity contribution in [1.82, 2.24) is 4.98 Å². The second-order valence-corrected chi connectivity index (χ2v) is 6.10. The second-order valence-electron chi connectivity index (χ2n) is 5.24. The number of nitrogens with one attached hydrogen (secondary N) is 1. The van der Waals surface area contributed by atoms with Gasteiger partial charge in [0.2, 0.25) is 5.91 Å². The van der Waals surface area contributed by atoms with Crippen molar-refractivity contribution in [2.45, 2.75) is 6.42 Å². The first-order valence-corrected chi connectivity index (χ1v) is 8.27. The molecule has 3 aromatic rings. The first-order valence-electron chi connectivity index (χ1n) is 7.39. The number of halogens is 2. The number of anilines is 1. The lowest BCUT2D eigenvalue weighted by Crippen LogP contribution is -2.14. The van der Waals surface area contributed by atoms with Gasteiger partial charge in [-0.25, -0.2) is 13.8 Å². The van der Waals surface area contributed by atoms with Crippen molar-refractivity contribution in [2.24, 2.45) is 0 Å². The average molecular weight is 360 g/mol. The Balaban J connectivity index is 1.66. The van der Waals surface area contributed by atoms with Gasteiger partial charge in [0.15, 0.2) is 16.7 Å². The molecule has 0 aliphatic carbocycles. The van der Waals surface area contributed by atoms with Crippen LogP contribution in [0.25, 0.3) is 11.3 Å². The topological polar surface area (TPSA) is 51.2 Å². The number of thiazole rings is 1. The molecule has 0 fully saturated rings. The summed E-state index contributed by atoms with van der Waals surface area (Å²) in [5.74, 6) is -1.05. The van der Waals surface area contributed by atoms with E-state index in [2.05, 4.69) is 10.3 Å². The van der Waals surface area contributed by atoms with Gasteiger partial charge in [-0.15, -0.1) is 11.3 Å². The fourth-order valence-electron chi connectivity index (χ4n) is 2.28. The molecular formula is C18H14F2N2O2S. The number of aromatic nitrogens is 1. The van der Waals surface area contributed by atoms with Gasteiger partial charge in [-0.1, -0.05) is 18.2 Å². The van der Waals surface area contributed by atoms with Crippen LogP contribution in [-0.2, 0) is 11.2 Å². The first-order chi connectivity index (χ1) is 12.0. The predicted molar refractivity (Wildman–Crippen MR) is 92.8 cm³/mol. The summed E-state index contributed by atoms with van der Waals surface area (Å²) >= 11 is 1.24. The maximum atomic E-state index is 13.7. The van der Waals surface area contributed by atoms with Crippen molar-refractivity contribution in [2.75, 3.05) is 12.4 Å². The average Bonchev–Trinajstić information content (AvgIpc) is 3.03. The molecule has 0 spiro atoms. The third-order valence-electron chi connectivity index (χ3n) is 3.45. The highest BCUT2D eigenvalue weighted by molar-refractivity contribution is 7.14. The van der Waals surface area contributed by atoms with Crippen molar-refractivity contribution in [3.63, 3.8) is 0 Å². The molecule has 1 amide bonds. The van der Waals surface area contributed by atoms with Gasteiger partial charge < -0.3 is 10.1 Å². The first kappa shape index (κ1) is 17.0. The Kier molecular flexibility index (Phi) is 5.04. The van der Waals surface area contributed by atoms with Gasteiger partial charge in [-0.3, -0.25) is 4.79 Å². The van der Waals surface area contributed by atoms with Crippen LogP contribution in [-0.4, -0.2) is 18.0 Å². The molecule has 0 atom stereocenters. The van der Waals surface area contributed by atoms with Gasteiger partial charge in [0.05, 0.1) is 19.2 Å². The van der Waals surface area contributed by atoms with Crippen molar-refractivity contribution < 1.29 is 18.3 Å². The zero-order chi connectivity index (χ0) is 17.8. The van der Waals surface area contributed by atoms with Gasteiger partial charge in [0.25, 0.3) is 0 Å². The number of nitrogens with zero attached hydrogens (tertiary/aromatic N) is 1. The number of hydrogen-bond donors (Lipinski definition) is 1. The van der Waals surface area contributed by atoms with Gasteiger partial charge in [0.1, 0.15) is 5.82 Å². The quantitative estimate of drug-likeness (QED) is 0.739. The third-order valence-corrected chi connectivity index (χ3v) is 4.21. The van der Waals surface area contributed by atoms with Crippen LogP contribution in [0.5, 0.6) is 5.75 Å². The number of ether oxygens (including phenoxy) is 1. The molecule has 1 N–H and O–H groups in total. The van der Waals surface area contributed by atoms with Gasteiger partial charge in [0, 0.05) is 10.9 Å². The monoisotopic (exact) mass is 360 g/mol. The summed E-state index contributed by atoms with van der Waals surface area (Å²) in [6.07, 6.45) is 0.00972. The molecule has 3 rings (SSSR count). The summed E-state index contributed by atoms with van der Waals surface area (Å²) in [5, 5.41) is 4.80. The van der Waals surface area contributed by atoms with Gasteiger partial charge in [-0.2, -0.15) is 0 Å². The largest absolute Gasteiger partial charge is 0.494 e. The van der Waals surface area contributed by atoms with Crippen LogP contribution in [0.3, 0.4) is 0 Å². The van der Waals surface area contributed by atoms with Crippen LogP contribution in [0, 0.1) is 11.6 Å². The molecule has 0 aliphatic rings. The zero-order valence-corrected chi connectivity index (χ0v) is 14.1. The summed E-state index contributed by atoms with van der Waals surface area (Å²) in [5.41, 5.74) is 1.74. The van der Waals surface area contributed by atoms with E-state index in [1.54, 1.807) is 23.6 Å². The smallest absolute Gasteiger partial charge is 0.230 e. The Morgan fingerprint density at radius 2 is 2.08 bits per heavy atom. The maximum absolute atomic E-state index is 13.7. The number of rotatable bonds is 5. The van der Waals surface area contributed by atoms with E-state index in [-0.39, 0.29) is 23.9 Å². The lowest BCUT2D eigenvalue weighted by atomic mass is 10.1. The molecular weight excluding hydrogens is 346 g/mol. The summed E-state index contributed by atoms with van der Waals surface area (Å²) < 4.78 is 31.8. The minimum Gasteiger partial charge on any atom is -0.494 e. The van der Waals surface area contributed by atoms with Crippen LogP contribution >= 0.6 is 11.3 Å². The summed E-state index contributed by atoms with van der Waals surface area (Å²) in [6, 6.07) is 10.4. The minimum atomic E-state index is -0.518. The van der Waals surface area contributed by atoms with Crippen LogP contribution < -0.4 is 10.1 Å². The molecule has 0 saturated heterocycles.